The predicted octanol–water partition coefficient (Wildman–Crippen LogP) is 3.03. The summed E-state index contributed by atoms with van der Waals surface area (Å²) in [4.78, 5) is 17.3. The van der Waals surface area contributed by atoms with Crippen molar-refractivity contribution in [3.8, 4) is 5.75 Å². The Morgan fingerprint density at radius 1 is 1.15 bits per heavy atom. The second-order valence-electron chi connectivity index (χ2n) is 7.86. The number of nitrogens with zero attached hydrogens (tertiary/aromatic N) is 2. The Morgan fingerprint density at radius 2 is 1.81 bits per heavy atom. The van der Waals surface area contributed by atoms with Gasteiger partial charge in [0.1, 0.15) is 5.75 Å². The molecule has 1 N–H and O–H groups in total. The van der Waals surface area contributed by atoms with Gasteiger partial charge in [-0.25, -0.2) is 0 Å². The first-order valence-corrected chi connectivity index (χ1v) is 10.4. The Labute approximate surface area is 165 Å². The number of ether oxygens (including phenoxy) is 1. The van der Waals surface area contributed by atoms with E-state index >= 15 is 0 Å². The number of likely N-dealkylation sites (N-methyl/N-ethyl adjacent to an activating group) is 1. The van der Waals surface area contributed by atoms with Crippen LogP contribution in [0.25, 0.3) is 0 Å². The van der Waals surface area contributed by atoms with Crippen molar-refractivity contribution in [1.29, 1.82) is 0 Å². The number of carbonyl (C=O) groups is 1. The lowest BCUT2D eigenvalue weighted by molar-refractivity contribution is -0.127. The molecule has 1 aliphatic rings. The Balaban J connectivity index is 1.71. The van der Waals surface area contributed by atoms with Gasteiger partial charge in [-0.1, -0.05) is 32.9 Å². The molecule has 27 heavy (non-hydrogen) atoms. The normalized spacial score (nSPS) is 17.1. The molecular weight excluding hydrogens is 338 g/mol. The van der Waals surface area contributed by atoms with E-state index in [0.29, 0.717) is 12.5 Å². The number of hydrogen-bond acceptors (Lipinski definition) is 4. The van der Waals surface area contributed by atoms with Crippen molar-refractivity contribution < 1.29 is 9.53 Å². The Bertz CT molecular complexity index is 595. The van der Waals surface area contributed by atoms with E-state index in [1.54, 1.807) is 0 Å². The number of nitrogens with one attached hydrogen (secondary N) is 1. The van der Waals surface area contributed by atoms with Gasteiger partial charge in [0.2, 0.25) is 0 Å². The monoisotopic (exact) mass is 375 g/mol. The van der Waals surface area contributed by atoms with Gasteiger partial charge in [0, 0.05) is 32.7 Å². The van der Waals surface area contributed by atoms with Crippen molar-refractivity contribution in [2.45, 2.75) is 53.1 Å². The van der Waals surface area contributed by atoms with E-state index in [1.165, 1.54) is 5.56 Å². The van der Waals surface area contributed by atoms with Crippen molar-refractivity contribution in [3.63, 3.8) is 0 Å². The van der Waals surface area contributed by atoms with Crippen molar-refractivity contribution in [2.24, 2.45) is 0 Å². The van der Waals surface area contributed by atoms with E-state index < -0.39 is 6.10 Å². The summed E-state index contributed by atoms with van der Waals surface area (Å²) in [5, 5.41) is 3.02. The molecule has 1 aromatic carbocycles. The molecule has 1 unspecified atom stereocenters. The van der Waals surface area contributed by atoms with E-state index in [4.69, 9.17) is 4.74 Å². The third-order valence-electron chi connectivity index (χ3n) is 5.41. The number of benzene rings is 1. The third kappa shape index (κ3) is 6.82. The molecule has 1 saturated heterocycles. The second kappa shape index (κ2) is 10.7. The fourth-order valence-corrected chi connectivity index (χ4v) is 3.33. The highest BCUT2D eigenvalue weighted by molar-refractivity contribution is 5.80. The van der Waals surface area contributed by atoms with Crippen LogP contribution >= 0.6 is 0 Å². The van der Waals surface area contributed by atoms with Crippen LogP contribution in [-0.2, 0) is 4.79 Å². The van der Waals surface area contributed by atoms with E-state index in [0.717, 1.165) is 57.0 Å². The maximum atomic E-state index is 12.4. The molecule has 0 aromatic heterocycles. The smallest absolute Gasteiger partial charge is 0.260 e. The lowest BCUT2D eigenvalue weighted by Gasteiger charge is -2.34. The summed E-state index contributed by atoms with van der Waals surface area (Å²) in [7, 11) is 0. The molecule has 1 atom stereocenters. The molecule has 0 spiro atoms. The van der Waals surface area contributed by atoms with Crippen LogP contribution in [0.4, 0.5) is 0 Å². The number of hydrogen-bond donors (Lipinski definition) is 1. The summed E-state index contributed by atoms with van der Waals surface area (Å²) < 4.78 is 5.94. The Morgan fingerprint density at radius 3 is 2.44 bits per heavy atom. The number of rotatable bonds is 9. The molecule has 1 aliphatic heterocycles. The van der Waals surface area contributed by atoms with Crippen molar-refractivity contribution in [1.82, 2.24) is 15.1 Å². The van der Waals surface area contributed by atoms with Gasteiger partial charge < -0.3 is 19.9 Å². The van der Waals surface area contributed by atoms with Crippen LogP contribution in [0.3, 0.4) is 0 Å². The molecule has 1 amide bonds. The molecule has 5 heteroatoms. The minimum absolute atomic E-state index is 0.0415. The molecule has 1 heterocycles. The van der Waals surface area contributed by atoms with Gasteiger partial charge >= 0.3 is 0 Å². The predicted molar refractivity (Wildman–Crippen MR) is 112 cm³/mol. The standard InChI is InChI=1S/C22H37N3O2/c1-6-24-12-14-25(15-13-24)11-7-10-23-22(26)19(5)27-21-16-20(17(2)3)9-8-18(21)4/h8-9,16-17,19H,6-7,10-15H2,1-5H3,(H,23,26). The van der Waals surface area contributed by atoms with Crippen LogP contribution < -0.4 is 10.1 Å². The second-order valence-corrected chi connectivity index (χ2v) is 7.86. The minimum atomic E-state index is -0.487. The van der Waals surface area contributed by atoms with Gasteiger partial charge in [0.15, 0.2) is 6.10 Å². The third-order valence-corrected chi connectivity index (χ3v) is 5.41. The van der Waals surface area contributed by atoms with Gasteiger partial charge in [-0.2, -0.15) is 0 Å². The zero-order chi connectivity index (χ0) is 19.8. The Kier molecular flexibility index (Phi) is 8.58. The number of carbonyl (C=O) groups excluding carboxylic acids is 1. The highest BCUT2D eigenvalue weighted by atomic mass is 16.5. The van der Waals surface area contributed by atoms with Crippen LogP contribution in [0.15, 0.2) is 18.2 Å². The molecule has 2 rings (SSSR count). The van der Waals surface area contributed by atoms with E-state index in [2.05, 4.69) is 54.1 Å². The molecule has 0 radical (unpaired) electrons. The summed E-state index contributed by atoms with van der Waals surface area (Å²) in [5.74, 6) is 1.20. The van der Waals surface area contributed by atoms with Gasteiger partial charge in [0.05, 0.1) is 0 Å². The van der Waals surface area contributed by atoms with Crippen molar-refractivity contribution >= 4 is 5.91 Å². The largest absolute Gasteiger partial charge is 0.481 e. The topological polar surface area (TPSA) is 44.8 Å². The molecule has 0 aliphatic carbocycles. The van der Waals surface area contributed by atoms with Crippen LogP contribution in [0.1, 0.15) is 51.2 Å². The zero-order valence-electron chi connectivity index (χ0n) is 17.8. The highest BCUT2D eigenvalue weighted by Crippen LogP contribution is 2.25. The van der Waals surface area contributed by atoms with Gasteiger partial charge in [-0.15, -0.1) is 0 Å². The highest BCUT2D eigenvalue weighted by Gasteiger charge is 2.17. The molecule has 1 aromatic rings. The molecule has 152 valence electrons. The van der Waals surface area contributed by atoms with Crippen LogP contribution in [-0.4, -0.2) is 67.6 Å². The van der Waals surface area contributed by atoms with E-state index in [9.17, 15) is 4.79 Å². The lowest BCUT2D eigenvalue weighted by atomic mass is 10.0. The van der Waals surface area contributed by atoms with Gasteiger partial charge in [-0.3, -0.25) is 4.79 Å². The van der Waals surface area contributed by atoms with Crippen molar-refractivity contribution in [3.05, 3.63) is 29.3 Å². The maximum Gasteiger partial charge on any atom is 0.260 e. The number of amides is 1. The molecular formula is C22H37N3O2. The fraction of sp³-hybridized carbons (Fsp3) is 0.682. The van der Waals surface area contributed by atoms with E-state index in [1.807, 2.05) is 13.8 Å². The summed E-state index contributed by atoms with van der Waals surface area (Å²) in [6, 6.07) is 6.24. The van der Waals surface area contributed by atoms with Crippen LogP contribution in [0.2, 0.25) is 0 Å². The van der Waals surface area contributed by atoms with Crippen LogP contribution in [0, 0.1) is 6.92 Å². The first-order valence-electron chi connectivity index (χ1n) is 10.4. The molecule has 0 bridgehead atoms. The Hall–Kier alpha value is -1.59. The summed E-state index contributed by atoms with van der Waals surface area (Å²) in [5.41, 5.74) is 2.29. The maximum absolute atomic E-state index is 12.4. The fourth-order valence-electron chi connectivity index (χ4n) is 3.33. The number of piperazine rings is 1. The first kappa shape index (κ1) is 21.7. The SMILES string of the molecule is CCN1CCN(CCCNC(=O)C(C)Oc2cc(C(C)C)ccc2C)CC1. The minimum Gasteiger partial charge on any atom is -0.481 e. The zero-order valence-corrected chi connectivity index (χ0v) is 17.8. The summed E-state index contributed by atoms with van der Waals surface area (Å²) >= 11 is 0. The van der Waals surface area contributed by atoms with Crippen molar-refractivity contribution in [2.75, 3.05) is 45.8 Å². The first-order chi connectivity index (χ1) is 12.9. The summed E-state index contributed by atoms with van der Waals surface area (Å²) in [6.07, 6.45) is 0.492. The van der Waals surface area contributed by atoms with Gasteiger partial charge in [0.25, 0.3) is 5.91 Å². The summed E-state index contributed by atoms with van der Waals surface area (Å²) in [6.45, 7) is 17.8. The quantitative estimate of drug-likeness (QED) is 0.674. The van der Waals surface area contributed by atoms with E-state index in [-0.39, 0.29) is 5.91 Å². The average Bonchev–Trinajstić information content (AvgIpc) is 2.67. The van der Waals surface area contributed by atoms with Gasteiger partial charge in [-0.05, 0) is 56.5 Å². The molecule has 1 fully saturated rings. The average molecular weight is 376 g/mol. The number of aryl methyl sites for hydroxylation is 1. The molecule has 0 saturated carbocycles. The van der Waals surface area contributed by atoms with Crippen LogP contribution in [0.5, 0.6) is 5.75 Å². The molecule has 5 nitrogen and oxygen atoms in total. The lowest BCUT2D eigenvalue weighted by Crippen LogP contribution is -2.46.